The molecule has 1 aromatic carbocycles. The normalized spacial score (nSPS) is 12.7. The molecule has 1 unspecified atom stereocenters. The lowest BCUT2D eigenvalue weighted by Gasteiger charge is -2.21. The van der Waals surface area contributed by atoms with E-state index in [-0.39, 0.29) is 0 Å². The van der Waals surface area contributed by atoms with Gasteiger partial charge >= 0.3 is 0 Å². The van der Waals surface area contributed by atoms with E-state index in [2.05, 4.69) is 26.0 Å². The number of hydrogen-bond acceptors (Lipinski definition) is 3. The molecule has 3 heteroatoms. The quantitative estimate of drug-likeness (QED) is 0.674. The molecule has 0 aliphatic carbocycles. The summed E-state index contributed by atoms with van der Waals surface area (Å²) >= 11 is 0. The fourth-order valence-electron chi connectivity index (χ4n) is 2.19. The summed E-state index contributed by atoms with van der Waals surface area (Å²) < 4.78 is 5.71. The second kappa shape index (κ2) is 8.94. The number of ether oxygens (including phenoxy) is 1. The maximum Gasteiger partial charge on any atom is 0.119 e. The summed E-state index contributed by atoms with van der Waals surface area (Å²) in [5.41, 5.74) is 12.8. The maximum absolute atomic E-state index is 5.74. The van der Waals surface area contributed by atoms with Crippen molar-refractivity contribution >= 4 is 0 Å². The minimum Gasteiger partial charge on any atom is -0.494 e. The molecule has 0 aromatic heterocycles. The lowest BCUT2D eigenvalue weighted by atomic mass is 9.88. The van der Waals surface area contributed by atoms with Crippen molar-refractivity contribution < 1.29 is 4.74 Å². The van der Waals surface area contributed by atoms with E-state index in [0.29, 0.717) is 24.9 Å². The molecule has 1 atom stereocenters. The van der Waals surface area contributed by atoms with Crippen LogP contribution in [0.1, 0.15) is 44.6 Å². The van der Waals surface area contributed by atoms with Crippen molar-refractivity contribution in [2.24, 2.45) is 17.4 Å². The Morgan fingerprint density at radius 1 is 1.05 bits per heavy atom. The monoisotopic (exact) mass is 264 g/mol. The lowest BCUT2D eigenvalue weighted by Crippen LogP contribution is -2.27. The summed E-state index contributed by atoms with van der Waals surface area (Å²) in [5, 5.41) is 0. The van der Waals surface area contributed by atoms with E-state index in [1.165, 1.54) is 18.4 Å². The first-order chi connectivity index (χ1) is 9.22. The first-order valence-corrected chi connectivity index (χ1v) is 7.35. The fourth-order valence-corrected chi connectivity index (χ4v) is 2.19. The molecule has 0 fully saturated rings. The van der Waals surface area contributed by atoms with Crippen LogP contribution in [-0.2, 0) is 0 Å². The summed E-state index contributed by atoms with van der Waals surface area (Å²) in [6.45, 7) is 6.44. The Hall–Kier alpha value is -1.06. The molecule has 4 N–H and O–H groups in total. The molecule has 1 rings (SSSR count). The molecule has 19 heavy (non-hydrogen) atoms. The van der Waals surface area contributed by atoms with Crippen molar-refractivity contribution in [2.75, 3.05) is 19.7 Å². The Kier molecular flexibility index (Phi) is 7.53. The second-order valence-corrected chi connectivity index (χ2v) is 5.14. The average molecular weight is 264 g/mol. The van der Waals surface area contributed by atoms with Crippen LogP contribution in [0.25, 0.3) is 0 Å². The van der Waals surface area contributed by atoms with Crippen LogP contribution < -0.4 is 16.2 Å². The zero-order valence-electron chi connectivity index (χ0n) is 12.3. The van der Waals surface area contributed by atoms with Crippen molar-refractivity contribution in [2.45, 2.75) is 39.0 Å². The van der Waals surface area contributed by atoms with Gasteiger partial charge in [0, 0.05) is 0 Å². The third-order valence-corrected chi connectivity index (χ3v) is 3.74. The van der Waals surface area contributed by atoms with Gasteiger partial charge in [0.15, 0.2) is 0 Å². The highest BCUT2D eigenvalue weighted by atomic mass is 16.5. The zero-order valence-corrected chi connectivity index (χ0v) is 12.3. The Balaban J connectivity index is 2.51. The summed E-state index contributed by atoms with van der Waals surface area (Å²) in [6.07, 6.45) is 3.57. The topological polar surface area (TPSA) is 61.3 Å². The van der Waals surface area contributed by atoms with E-state index in [1.807, 2.05) is 12.1 Å². The number of unbranched alkanes of at least 4 members (excludes halogenated alkanes) is 2. The highest BCUT2D eigenvalue weighted by Gasteiger charge is 2.15. The zero-order chi connectivity index (χ0) is 14.1. The highest BCUT2D eigenvalue weighted by Crippen LogP contribution is 2.25. The summed E-state index contributed by atoms with van der Waals surface area (Å²) in [4.78, 5) is 0. The van der Waals surface area contributed by atoms with Gasteiger partial charge in [-0.25, -0.2) is 0 Å². The second-order valence-electron chi connectivity index (χ2n) is 5.14. The van der Waals surface area contributed by atoms with E-state index in [0.717, 1.165) is 18.8 Å². The molecule has 1 aromatic rings. The largest absolute Gasteiger partial charge is 0.494 e. The van der Waals surface area contributed by atoms with Gasteiger partial charge in [0.05, 0.1) is 6.61 Å². The van der Waals surface area contributed by atoms with Crippen LogP contribution in [0.3, 0.4) is 0 Å². The molecular weight excluding hydrogens is 236 g/mol. The van der Waals surface area contributed by atoms with Gasteiger partial charge in [-0.3, -0.25) is 0 Å². The van der Waals surface area contributed by atoms with Gasteiger partial charge in [0.25, 0.3) is 0 Å². The molecular formula is C16H28N2O. The third-order valence-electron chi connectivity index (χ3n) is 3.74. The molecule has 0 radical (unpaired) electrons. The first kappa shape index (κ1) is 16.0. The minimum atomic E-state index is 0.344. The Bertz CT molecular complexity index is 333. The van der Waals surface area contributed by atoms with E-state index >= 15 is 0 Å². The SMILES string of the molecule is CCCCCOc1ccc(C(C)C(CN)CN)cc1. The van der Waals surface area contributed by atoms with Gasteiger partial charge in [-0.05, 0) is 49.0 Å². The highest BCUT2D eigenvalue weighted by molar-refractivity contribution is 5.29. The van der Waals surface area contributed by atoms with Crippen molar-refractivity contribution in [3.8, 4) is 5.75 Å². The number of hydrogen-bond donors (Lipinski definition) is 2. The van der Waals surface area contributed by atoms with Gasteiger partial charge < -0.3 is 16.2 Å². The molecule has 108 valence electrons. The van der Waals surface area contributed by atoms with Crippen LogP contribution in [0.2, 0.25) is 0 Å². The Labute approximate surface area is 117 Å². The van der Waals surface area contributed by atoms with Gasteiger partial charge in [-0.2, -0.15) is 0 Å². The molecule has 0 aliphatic rings. The molecule has 0 aliphatic heterocycles. The van der Waals surface area contributed by atoms with Crippen LogP contribution in [0, 0.1) is 5.92 Å². The van der Waals surface area contributed by atoms with Crippen LogP contribution in [-0.4, -0.2) is 19.7 Å². The lowest BCUT2D eigenvalue weighted by molar-refractivity contribution is 0.306. The van der Waals surface area contributed by atoms with Crippen molar-refractivity contribution in [3.05, 3.63) is 29.8 Å². The number of rotatable bonds is 9. The Morgan fingerprint density at radius 3 is 2.21 bits per heavy atom. The molecule has 3 nitrogen and oxygen atoms in total. The minimum absolute atomic E-state index is 0.344. The van der Waals surface area contributed by atoms with Gasteiger partial charge in [0.2, 0.25) is 0 Å². The van der Waals surface area contributed by atoms with Crippen LogP contribution >= 0.6 is 0 Å². The van der Waals surface area contributed by atoms with Gasteiger partial charge in [-0.1, -0.05) is 38.8 Å². The fraction of sp³-hybridized carbons (Fsp3) is 0.625. The average Bonchev–Trinajstić information content (AvgIpc) is 2.45. The van der Waals surface area contributed by atoms with E-state index in [9.17, 15) is 0 Å². The molecule has 0 spiro atoms. The molecule has 0 bridgehead atoms. The predicted octanol–water partition coefficient (Wildman–Crippen LogP) is 2.89. The summed E-state index contributed by atoms with van der Waals surface area (Å²) in [6, 6.07) is 8.33. The molecule has 0 saturated carbocycles. The number of benzene rings is 1. The first-order valence-electron chi connectivity index (χ1n) is 7.35. The summed E-state index contributed by atoms with van der Waals surface area (Å²) in [7, 11) is 0. The summed E-state index contributed by atoms with van der Waals surface area (Å²) in [5.74, 6) is 1.68. The van der Waals surface area contributed by atoms with Crippen molar-refractivity contribution in [3.63, 3.8) is 0 Å². The number of nitrogens with two attached hydrogens (primary N) is 2. The van der Waals surface area contributed by atoms with E-state index in [1.54, 1.807) is 0 Å². The van der Waals surface area contributed by atoms with Gasteiger partial charge in [-0.15, -0.1) is 0 Å². The Morgan fingerprint density at radius 2 is 1.68 bits per heavy atom. The predicted molar refractivity (Wildman–Crippen MR) is 81.5 cm³/mol. The van der Waals surface area contributed by atoms with Gasteiger partial charge in [0.1, 0.15) is 5.75 Å². The van der Waals surface area contributed by atoms with Crippen LogP contribution in [0.5, 0.6) is 5.75 Å². The molecule has 0 saturated heterocycles. The standard InChI is InChI=1S/C16H28N2O/c1-3-4-5-10-19-16-8-6-14(7-9-16)13(2)15(11-17)12-18/h6-9,13,15H,3-5,10-12,17-18H2,1-2H3. The van der Waals surface area contributed by atoms with E-state index in [4.69, 9.17) is 16.2 Å². The van der Waals surface area contributed by atoms with E-state index < -0.39 is 0 Å². The van der Waals surface area contributed by atoms with Crippen molar-refractivity contribution in [1.29, 1.82) is 0 Å². The van der Waals surface area contributed by atoms with Crippen LogP contribution in [0.15, 0.2) is 24.3 Å². The third kappa shape index (κ3) is 5.21. The maximum atomic E-state index is 5.74. The molecule has 0 amide bonds. The van der Waals surface area contributed by atoms with Crippen LogP contribution in [0.4, 0.5) is 0 Å². The molecule has 0 heterocycles. The smallest absolute Gasteiger partial charge is 0.119 e. The van der Waals surface area contributed by atoms with Crippen molar-refractivity contribution in [1.82, 2.24) is 0 Å².